The minimum atomic E-state index is 0.208. The number of hydrogen-bond donors (Lipinski definition) is 0. The van der Waals surface area contributed by atoms with Crippen LogP contribution in [0.3, 0.4) is 0 Å². The van der Waals surface area contributed by atoms with Crippen LogP contribution in [0.15, 0.2) is 24.4 Å². The molecule has 1 aromatic heterocycles. The topological polar surface area (TPSA) is 48.9 Å². The Kier molecular flexibility index (Phi) is 5.46. The number of likely N-dealkylation sites (N-methyl/N-ethyl adjacent to an activating group) is 1. The highest BCUT2D eigenvalue weighted by Crippen LogP contribution is 2.20. The number of hydrogen-bond acceptors (Lipinski definition) is 5. The molecule has 3 rings (SSSR count). The number of nitrogens with zero attached hydrogens (tertiary/aromatic N) is 4. The van der Waals surface area contributed by atoms with Gasteiger partial charge in [-0.2, -0.15) is 0 Å². The summed E-state index contributed by atoms with van der Waals surface area (Å²) in [6.45, 7) is 5.54. The Hall–Kier alpha value is -1.66. The van der Waals surface area contributed by atoms with Gasteiger partial charge >= 0.3 is 0 Å². The Balaban J connectivity index is 1.55. The second-order valence-corrected chi connectivity index (χ2v) is 6.32. The van der Waals surface area contributed by atoms with Crippen molar-refractivity contribution in [1.82, 2.24) is 14.8 Å². The maximum Gasteiger partial charge on any atom is 0.236 e. The van der Waals surface area contributed by atoms with Gasteiger partial charge in [0.1, 0.15) is 5.82 Å². The predicted molar refractivity (Wildman–Crippen MR) is 89.5 cm³/mol. The molecule has 3 heterocycles. The van der Waals surface area contributed by atoms with Gasteiger partial charge in [-0.3, -0.25) is 9.69 Å². The van der Waals surface area contributed by atoms with Crippen LogP contribution in [0.2, 0.25) is 0 Å². The molecule has 0 N–H and O–H groups in total. The zero-order valence-corrected chi connectivity index (χ0v) is 13.9. The van der Waals surface area contributed by atoms with Crippen LogP contribution in [-0.4, -0.2) is 79.7 Å². The minimum Gasteiger partial charge on any atom is -0.379 e. The maximum absolute atomic E-state index is 12.6. The SMILES string of the molecule is CN(C(=O)CN1CCOCC1)C1CCCN(c2ccccn2)C1. The first-order valence-corrected chi connectivity index (χ1v) is 8.46. The molecule has 2 aliphatic rings. The summed E-state index contributed by atoms with van der Waals surface area (Å²) in [5.41, 5.74) is 0. The molecule has 6 nitrogen and oxygen atoms in total. The second-order valence-electron chi connectivity index (χ2n) is 6.32. The van der Waals surface area contributed by atoms with Gasteiger partial charge in [-0.15, -0.1) is 0 Å². The quantitative estimate of drug-likeness (QED) is 0.823. The number of aromatic nitrogens is 1. The fourth-order valence-corrected chi connectivity index (χ4v) is 3.29. The largest absolute Gasteiger partial charge is 0.379 e. The van der Waals surface area contributed by atoms with Gasteiger partial charge in [-0.1, -0.05) is 6.07 Å². The van der Waals surface area contributed by atoms with E-state index in [0.29, 0.717) is 6.54 Å². The van der Waals surface area contributed by atoms with Crippen molar-refractivity contribution in [3.05, 3.63) is 24.4 Å². The summed E-state index contributed by atoms with van der Waals surface area (Å²) in [6.07, 6.45) is 3.98. The molecule has 2 aliphatic heterocycles. The highest BCUT2D eigenvalue weighted by Gasteiger charge is 2.27. The third-order valence-corrected chi connectivity index (χ3v) is 4.77. The molecular formula is C17H26N4O2. The van der Waals surface area contributed by atoms with Crippen molar-refractivity contribution in [1.29, 1.82) is 0 Å². The first kappa shape index (κ1) is 16.2. The molecule has 1 unspecified atom stereocenters. The molecule has 2 saturated heterocycles. The number of pyridine rings is 1. The number of amides is 1. The molecule has 2 fully saturated rings. The first-order valence-electron chi connectivity index (χ1n) is 8.46. The number of ether oxygens (including phenoxy) is 1. The van der Waals surface area contributed by atoms with Crippen molar-refractivity contribution in [3.8, 4) is 0 Å². The highest BCUT2D eigenvalue weighted by atomic mass is 16.5. The van der Waals surface area contributed by atoms with Gasteiger partial charge in [0, 0.05) is 45.5 Å². The van der Waals surface area contributed by atoms with Crippen molar-refractivity contribution in [2.75, 3.05) is 57.9 Å². The van der Waals surface area contributed by atoms with Gasteiger partial charge < -0.3 is 14.5 Å². The minimum absolute atomic E-state index is 0.208. The van der Waals surface area contributed by atoms with E-state index < -0.39 is 0 Å². The van der Waals surface area contributed by atoms with Crippen LogP contribution in [0.25, 0.3) is 0 Å². The Morgan fingerprint density at radius 3 is 2.91 bits per heavy atom. The number of rotatable bonds is 4. The lowest BCUT2D eigenvalue weighted by Crippen LogP contribution is -2.52. The number of anilines is 1. The van der Waals surface area contributed by atoms with Crippen LogP contribution in [-0.2, 0) is 9.53 Å². The second kappa shape index (κ2) is 7.75. The van der Waals surface area contributed by atoms with Crippen LogP contribution < -0.4 is 4.90 Å². The zero-order valence-electron chi connectivity index (χ0n) is 13.9. The Labute approximate surface area is 138 Å². The van der Waals surface area contributed by atoms with Gasteiger partial charge in [0.25, 0.3) is 0 Å². The van der Waals surface area contributed by atoms with Gasteiger partial charge in [-0.25, -0.2) is 4.98 Å². The van der Waals surface area contributed by atoms with E-state index in [4.69, 9.17) is 4.74 Å². The van der Waals surface area contributed by atoms with E-state index in [1.165, 1.54) is 0 Å². The molecule has 23 heavy (non-hydrogen) atoms. The zero-order chi connectivity index (χ0) is 16.1. The van der Waals surface area contributed by atoms with E-state index in [9.17, 15) is 4.79 Å². The fourth-order valence-electron chi connectivity index (χ4n) is 3.29. The van der Waals surface area contributed by atoms with Crippen LogP contribution in [0.5, 0.6) is 0 Å². The van der Waals surface area contributed by atoms with Crippen molar-refractivity contribution >= 4 is 11.7 Å². The van der Waals surface area contributed by atoms with Gasteiger partial charge in [-0.05, 0) is 25.0 Å². The average Bonchev–Trinajstić information content (AvgIpc) is 2.63. The monoisotopic (exact) mass is 318 g/mol. The smallest absolute Gasteiger partial charge is 0.236 e. The van der Waals surface area contributed by atoms with Crippen molar-refractivity contribution in [3.63, 3.8) is 0 Å². The van der Waals surface area contributed by atoms with Crippen LogP contribution in [0, 0.1) is 0 Å². The lowest BCUT2D eigenvalue weighted by molar-refractivity contribution is -0.134. The molecule has 0 saturated carbocycles. The third-order valence-electron chi connectivity index (χ3n) is 4.77. The molecule has 0 radical (unpaired) electrons. The average molecular weight is 318 g/mol. The number of morpholine rings is 1. The Morgan fingerprint density at radius 1 is 1.35 bits per heavy atom. The number of carbonyl (C=O) groups excluding carboxylic acids is 1. The third kappa shape index (κ3) is 4.20. The molecule has 1 aromatic rings. The predicted octanol–water partition coefficient (Wildman–Crippen LogP) is 0.841. The Morgan fingerprint density at radius 2 is 2.17 bits per heavy atom. The van der Waals surface area contributed by atoms with Gasteiger partial charge in [0.05, 0.1) is 19.8 Å². The van der Waals surface area contributed by atoms with E-state index >= 15 is 0 Å². The van der Waals surface area contributed by atoms with E-state index in [1.807, 2.05) is 36.3 Å². The number of carbonyl (C=O) groups is 1. The summed E-state index contributed by atoms with van der Waals surface area (Å²) in [5.74, 6) is 1.21. The summed E-state index contributed by atoms with van der Waals surface area (Å²) < 4.78 is 5.34. The molecule has 1 atom stereocenters. The summed E-state index contributed by atoms with van der Waals surface area (Å²) in [7, 11) is 1.94. The molecule has 0 aromatic carbocycles. The standard InChI is InChI=1S/C17H26N4O2/c1-19(17(22)14-20-9-11-23-12-10-20)15-5-4-8-21(13-15)16-6-2-3-7-18-16/h2-3,6-7,15H,4-5,8-14H2,1H3. The number of piperidine rings is 1. The lowest BCUT2D eigenvalue weighted by Gasteiger charge is -2.39. The molecule has 0 aliphatic carbocycles. The summed E-state index contributed by atoms with van der Waals surface area (Å²) in [5, 5.41) is 0. The van der Waals surface area contributed by atoms with Crippen LogP contribution >= 0.6 is 0 Å². The van der Waals surface area contributed by atoms with Crippen molar-refractivity contribution in [2.24, 2.45) is 0 Å². The molecular weight excluding hydrogens is 292 g/mol. The molecule has 0 spiro atoms. The van der Waals surface area contributed by atoms with E-state index in [-0.39, 0.29) is 11.9 Å². The maximum atomic E-state index is 12.6. The summed E-state index contributed by atoms with van der Waals surface area (Å²) >= 11 is 0. The van der Waals surface area contributed by atoms with Crippen molar-refractivity contribution < 1.29 is 9.53 Å². The first-order chi connectivity index (χ1) is 11.2. The normalized spacial score (nSPS) is 22.8. The van der Waals surface area contributed by atoms with E-state index in [2.05, 4.69) is 14.8 Å². The molecule has 126 valence electrons. The highest BCUT2D eigenvalue weighted by molar-refractivity contribution is 5.78. The lowest BCUT2D eigenvalue weighted by atomic mass is 10.0. The molecule has 1 amide bonds. The Bertz CT molecular complexity index is 505. The summed E-state index contributed by atoms with van der Waals surface area (Å²) in [4.78, 5) is 23.4. The van der Waals surface area contributed by atoms with Crippen LogP contribution in [0.1, 0.15) is 12.8 Å². The van der Waals surface area contributed by atoms with E-state index in [0.717, 1.165) is 58.1 Å². The van der Waals surface area contributed by atoms with E-state index in [1.54, 1.807) is 0 Å². The molecule has 6 heteroatoms. The fraction of sp³-hybridized carbons (Fsp3) is 0.647. The van der Waals surface area contributed by atoms with Crippen LogP contribution in [0.4, 0.5) is 5.82 Å². The van der Waals surface area contributed by atoms with Gasteiger partial charge in [0.15, 0.2) is 0 Å². The molecule has 0 bridgehead atoms. The van der Waals surface area contributed by atoms with Gasteiger partial charge in [0.2, 0.25) is 5.91 Å². The van der Waals surface area contributed by atoms with Crippen molar-refractivity contribution in [2.45, 2.75) is 18.9 Å². The summed E-state index contributed by atoms with van der Waals surface area (Å²) in [6, 6.07) is 6.25.